The van der Waals surface area contributed by atoms with Crippen molar-refractivity contribution in [1.29, 1.82) is 0 Å². The molecule has 0 aromatic heterocycles. The molecule has 144 valence electrons. The van der Waals surface area contributed by atoms with Gasteiger partial charge in [-0.15, -0.1) is 0 Å². The summed E-state index contributed by atoms with van der Waals surface area (Å²) in [4.78, 5) is 0. The standard InChI is InChI=1S/C24H34OSi2/c1-7-21-9-13-23(14-10-21)17-19-26(3,4)25-27(5,6)20-18-24-15-11-22(8-2)12-16-24/h7-16H,1-2,17-20H2,3-6H3. The zero-order valence-electron chi connectivity index (χ0n) is 17.4. The average molecular weight is 395 g/mol. The van der Waals surface area contributed by atoms with Gasteiger partial charge in [0, 0.05) is 0 Å². The SMILES string of the molecule is C=Cc1ccc(CC[Si](C)(C)O[Si](C)(C)CCc2ccc(C=C)cc2)cc1. The van der Waals surface area contributed by atoms with Gasteiger partial charge in [-0.2, -0.15) is 0 Å². The van der Waals surface area contributed by atoms with E-state index in [0.717, 1.165) is 12.8 Å². The Morgan fingerprint density at radius 1 is 0.667 bits per heavy atom. The quantitative estimate of drug-likeness (QED) is 0.388. The molecule has 0 spiro atoms. The number of rotatable bonds is 10. The van der Waals surface area contributed by atoms with E-state index in [0.29, 0.717) is 0 Å². The van der Waals surface area contributed by atoms with Crippen LogP contribution in [-0.2, 0) is 17.0 Å². The Labute approximate surface area is 168 Å². The molecule has 2 aromatic carbocycles. The lowest BCUT2D eigenvalue weighted by Crippen LogP contribution is -2.44. The van der Waals surface area contributed by atoms with E-state index in [4.69, 9.17) is 4.12 Å². The lowest BCUT2D eigenvalue weighted by molar-refractivity contribution is 0.536. The zero-order chi connectivity index (χ0) is 19.9. The first-order chi connectivity index (χ1) is 12.7. The van der Waals surface area contributed by atoms with Crippen LogP contribution >= 0.6 is 0 Å². The van der Waals surface area contributed by atoms with Gasteiger partial charge in [-0.25, -0.2) is 0 Å². The largest absolute Gasteiger partial charge is 0.455 e. The van der Waals surface area contributed by atoms with Gasteiger partial charge in [0.2, 0.25) is 0 Å². The lowest BCUT2D eigenvalue weighted by Gasteiger charge is -2.34. The predicted molar refractivity (Wildman–Crippen MR) is 126 cm³/mol. The number of aryl methyl sites for hydroxylation is 2. The summed E-state index contributed by atoms with van der Waals surface area (Å²) in [5.41, 5.74) is 5.15. The van der Waals surface area contributed by atoms with Crippen molar-refractivity contribution in [1.82, 2.24) is 0 Å². The minimum atomic E-state index is -1.67. The summed E-state index contributed by atoms with van der Waals surface area (Å²) in [5, 5.41) is 0. The molecule has 0 heterocycles. The lowest BCUT2D eigenvalue weighted by atomic mass is 10.1. The summed E-state index contributed by atoms with van der Waals surface area (Å²) >= 11 is 0. The predicted octanol–water partition coefficient (Wildman–Crippen LogP) is 7.18. The molecule has 0 saturated carbocycles. The van der Waals surface area contributed by atoms with Gasteiger partial charge in [0.1, 0.15) is 0 Å². The number of benzene rings is 2. The van der Waals surface area contributed by atoms with Crippen molar-refractivity contribution in [2.75, 3.05) is 0 Å². The van der Waals surface area contributed by atoms with E-state index in [1.165, 1.54) is 34.3 Å². The summed E-state index contributed by atoms with van der Waals surface area (Å²) in [7, 11) is -3.34. The highest BCUT2D eigenvalue weighted by Crippen LogP contribution is 2.25. The molecule has 0 bridgehead atoms. The molecular weight excluding hydrogens is 360 g/mol. The van der Waals surface area contributed by atoms with Crippen LogP contribution in [0.1, 0.15) is 22.3 Å². The molecule has 0 radical (unpaired) electrons. The molecule has 1 nitrogen and oxygen atoms in total. The maximum atomic E-state index is 6.80. The van der Waals surface area contributed by atoms with E-state index < -0.39 is 16.6 Å². The number of hydrogen-bond acceptors (Lipinski definition) is 1. The molecule has 2 aromatic rings. The van der Waals surface area contributed by atoms with Gasteiger partial charge in [0.25, 0.3) is 0 Å². The first-order valence-electron chi connectivity index (χ1n) is 9.86. The van der Waals surface area contributed by atoms with E-state index in [9.17, 15) is 0 Å². The first kappa shape index (κ1) is 21.6. The van der Waals surface area contributed by atoms with Crippen molar-refractivity contribution in [3.05, 3.63) is 83.9 Å². The fourth-order valence-electron chi connectivity index (χ4n) is 3.38. The maximum Gasteiger partial charge on any atom is 0.173 e. The Morgan fingerprint density at radius 2 is 1.00 bits per heavy atom. The van der Waals surface area contributed by atoms with Crippen LogP contribution in [0.2, 0.25) is 38.3 Å². The summed E-state index contributed by atoms with van der Waals surface area (Å²) < 4.78 is 6.80. The zero-order valence-corrected chi connectivity index (χ0v) is 19.4. The van der Waals surface area contributed by atoms with E-state index in [1.807, 2.05) is 12.2 Å². The molecule has 0 fully saturated rings. The van der Waals surface area contributed by atoms with E-state index in [-0.39, 0.29) is 0 Å². The van der Waals surface area contributed by atoms with Gasteiger partial charge < -0.3 is 4.12 Å². The van der Waals surface area contributed by atoms with Gasteiger partial charge >= 0.3 is 0 Å². The van der Waals surface area contributed by atoms with Gasteiger partial charge in [-0.05, 0) is 73.4 Å². The van der Waals surface area contributed by atoms with Crippen molar-refractivity contribution in [2.24, 2.45) is 0 Å². The molecule has 0 saturated heterocycles. The fraction of sp³-hybridized carbons (Fsp3) is 0.333. The van der Waals surface area contributed by atoms with Crippen LogP contribution in [0.3, 0.4) is 0 Å². The van der Waals surface area contributed by atoms with Gasteiger partial charge in [0.05, 0.1) is 0 Å². The summed E-state index contributed by atoms with van der Waals surface area (Å²) in [5.74, 6) is 0. The van der Waals surface area contributed by atoms with Crippen LogP contribution in [0.15, 0.2) is 61.7 Å². The topological polar surface area (TPSA) is 9.23 Å². The molecule has 0 N–H and O–H groups in total. The second kappa shape index (κ2) is 9.49. The van der Waals surface area contributed by atoms with Gasteiger partial charge in [-0.3, -0.25) is 0 Å². The highest BCUT2D eigenvalue weighted by Gasteiger charge is 2.32. The molecule has 3 heteroatoms. The second-order valence-electron chi connectivity index (χ2n) is 8.51. The summed E-state index contributed by atoms with van der Waals surface area (Å²) in [6.45, 7) is 17.1. The fourth-order valence-corrected chi connectivity index (χ4v) is 12.0. The highest BCUT2D eigenvalue weighted by molar-refractivity contribution is 6.84. The van der Waals surface area contributed by atoms with Crippen molar-refractivity contribution in [3.63, 3.8) is 0 Å². The normalized spacial score (nSPS) is 12.0. The minimum absolute atomic E-state index is 1.10. The van der Waals surface area contributed by atoms with Crippen molar-refractivity contribution in [2.45, 2.75) is 51.1 Å². The third-order valence-electron chi connectivity index (χ3n) is 5.01. The first-order valence-corrected chi connectivity index (χ1v) is 16.1. The van der Waals surface area contributed by atoms with Crippen LogP contribution in [0.5, 0.6) is 0 Å². The molecule has 0 atom stereocenters. The van der Waals surface area contributed by atoms with Gasteiger partial charge in [-0.1, -0.05) is 73.8 Å². The Morgan fingerprint density at radius 3 is 1.30 bits per heavy atom. The second-order valence-corrected chi connectivity index (χ2v) is 17.4. The Kier molecular flexibility index (Phi) is 7.60. The molecule has 0 amide bonds. The Balaban J connectivity index is 1.86. The minimum Gasteiger partial charge on any atom is -0.455 e. The van der Waals surface area contributed by atoms with Crippen LogP contribution in [0, 0.1) is 0 Å². The summed E-state index contributed by atoms with van der Waals surface area (Å²) in [6.07, 6.45) is 5.99. The molecule has 0 aliphatic carbocycles. The van der Waals surface area contributed by atoms with Crippen molar-refractivity contribution >= 4 is 28.8 Å². The maximum absolute atomic E-state index is 6.80. The summed E-state index contributed by atoms with van der Waals surface area (Å²) in [6, 6.07) is 19.8. The smallest absolute Gasteiger partial charge is 0.173 e. The van der Waals surface area contributed by atoms with Crippen LogP contribution in [-0.4, -0.2) is 16.6 Å². The van der Waals surface area contributed by atoms with E-state index >= 15 is 0 Å². The monoisotopic (exact) mass is 394 g/mol. The van der Waals surface area contributed by atoms with Gasteiger partial charge in [0.15, 0.2) is 16.6 Å². The third kappa shape index (κ3) is 7.45. The molecule has 27 heavy (non-hydrogen) atoms. The van der Waals surface area contributed by atoms with E-state index in [1.54, 1.807) is 0 Å². The van der Waals surface area contributed by atoms with Crippen molar-refractivity contribution in [3.8, 4) is 0 Å². The van der Waals surface area contributed by atoms with Crippen LogP contribution in [0.25, 0.3) is 12.2 Å². The van der Waals surface area contributed by atoms with E-state index in [2.05, 4.69) is 87.9 Å². The molecule has 0 aliphatic rings. The molecule has 0 unspecified atom stereocenters. The Bertz CT molecular complexity index is 677. The average Bonchev–Trinajstić information content (AvgIpc) is 2.65. The number of hydrogen-bond donors (Lipinski definition) is 0. The van der Waals surface area contributed by atoms with Crippen molar-refractivity contribution < 1.29 is 4.12 Å². The Hall–Kier alpha value is -1.69. The molecular formula is C24H34OSi2. The third-order valence-corrected chi connectivity index (χ3v) is 12.3. The molecule has 0 aliphatic heterocycles. The van der Waals surface area contributed by atoms with Crippen LogP contribution < -0.4 is 0 Å². The molecule has 2 rings (SSSR count). The highest BCUT2D eigenvalue weighted by atomic mass is 28.4. The van der Waals surface area contributed by atoms with Crippen LogP contribution in [0.4, 0.5) is 0 Å².